The van der Waals surface area contributed by atoms with E-state index in [-0.39, 0.29) is 17.7 Å². The number of anilines is 1. The predicted octanol–water partition coefficient (Wildman–Crippen LogP) is 2.95. The van der Waals surface area contributed by atoms with Gasteiger partial charge in [0.2, 0.25) is 0 Å². The Kier molecular flexibility index (Phi) is 6.59. The summed E-state index contributed by atoms with van der Waals surface area (Å²) in [5.74, 6) is -2.58. The molecule has 0 fully saturated rings. The van der Waals surface area contributed by atoms with Crippen LogP contribution in [0.15, 0.2) is 47.6 Å². The number of halogens is 2. The van der Waals surface area contributed by atoms with Crippen LogP contribution in [-0.2, 0) is 4.74 Å². The Labute approximate surface area is 155 Å². The first-order valence-corrected chi connectivity index (χ1v) is 7.99. The van der Waals surface area contributed by atoms with Gasteiger partial charge in [-0.25, -0.2) is 18.6 Å². The highest BCUT2D eigenvalue weighted by molar-refractivity contribution is 5.95. The lowest BCUT2D eigenvalue weighted by Crippen LogP contribution is -2.23. The summed E-state index contributed by atoms with van der Waals surface area (Å²) in [4.78, 5) is 25.7. The van der Waals surface area contributed by atoms with Crippen molar-refractivity contribution in [3.05, 3.63) is 65.2 Å². The smallest absolute Gasteiger partial charge is 0.338 e. The van der Waals surface area contributed by atoms with Crippen molar-refractivity contribution in [3.8, 4) is 0 Å². The topological polar surface area (TPSA) is 62.2 Å². The van der Waals surface area contributed by atoms with Crippen molar-refractivity contribution in [2.75, 3.05) is 32.6 Å². The third-order valence-corrected chi connectivity index (χ3v) is 3.60. The number of rotatable bonds is 6. The van der Waals surface area contributed by atoms with E-state index in [0.29, 0.717) is 5.69 Å². The summed E-state index contributed by atoms with van der Waals surface area (Å²) in [7, 11) is 4.88. The average Bonchev–Trinajstić information content (AvgIpc) is 2.64. The molecule has 142 valence electrons. The summed E-state index contributed by atoms with van der Waals surface area (Å²) in [6.07, 6.45) is 1.18. The number of benzene rings is 2. The summed E-state index contributed by atoms with van der Waals surface area (Å²) < 4.78 is 32.1. The van der Waals surface area contributed by atoms with Crippen molar-refractivity contribution in [3.63, 3.8) is 0 Å². The highest BCUT2D eigenvalue weighted by Crippen LogP contribution is 2.18. The maximum absolute atomic E-state index is 14.1. The lowest BCUT2D eigenvalue weighted by atomic mass is 10.1. The second-order valence-electron chi connectivity index (χ2n) is 5.79. The van der Waals surface area contributed by atoms with Crippen LogP contribution in [0, 0.1) is 11.6 Å². The van der Waals surface area contributed by atoms with Crippen molar-refractivity contribution < 1.29 is 23.1 Å². The number of ether oxygens (including phenoxy) is 1. The van der Waals surface area contributed by atoms with Crippen LogP contribution in [0.5, 0.6) is 0 Å². The highest BCUT2D eigenvalue weighted by atomic mass is 19.1. The number of amides is 1. The van der Waals surface area contributed by atoms with Crippen molar-refractivity contribution >= 4 is 23.8 Å². The molecule has 0 aliphatic carbocycles. The third kappa shape index (κ3) is 5.34. The van der Waals surface area contributed by atoms with E-state index < -0.39 is 23.5 Å². The molecular formula is C19H19F2N3O3. The van der Waals surface area contributed by atoms with E-state index in [1.165, 1.54) is 43.6 Å². The minimum Gasteiger partial charge on any atom is -0.456 e. The predicted molar refractivity (Wildman–Crippen MR) is 98.0 cm³/mol. The quantitative estimate of drug-likeness (QED) is 0.442. The van der Waals surface area contributed by atoms with Crippen LogP contribution < -0.4 is 4.90 Å². The number of carbonyl (C=O) groups is 2. The normalized spacial score (nSPS) is 10.7. The van der Waals surface area contributed by atoms with Crippen LogP contribution in [0.4, 0.5) is 14.5 Å². The Hall–Kier alpha value is -3.29. The molecule has 0 atom stereocenters. The van der Waals surface area contributed by atoms with Crippen LogP contribution in [0.1, 0.15) is 20.7 Å². The molecular weight excluding hydrogens is 356 g/mol. The summed E-state index contributed by atoms with van der Waals surface area (Å²) in [5.41, 5.74) is 0.562. The molecule has 0 bridgehead atoms. The number of nitrogens with zero attached hydrogens (tertiary/aromatic N) is 3. The molecule has 0 aliphatic rings. The van der Waals surface area contributed by atoms with Gasteiger partial charge in [0.15, 0.2) is 0 Å². The fourth-order valence-corrected chi connectivity index (χ4v) is 2.15. The summed E-state index contributed by atoms with van der Waals surface area (Å²) in [6, 6.07) is 9.32. The Morgan fingerprint density at radius 2 is 1.85 bits per heavy atom. The van der Waals surface area contributed by atoms with Crippen molar-refractivity contribution in [1.82, 2.24) is 5.01 Å². The largest absolute Gasteiger partial charge is 0.456 e. The van der Waals surface area contributed by atoms with Crippen LogP contribution in [-0.4, -0.2) is 50.8 Å². The van der Waals surface area contributed by atoms with E-state index in [0.717, 1.165) is 11.1 Å². The zero-order valence-electron chi connectivity index (χ0n) is 15.1. The fourth-order valence-electron chi connectivity index (χ4n) is 2.15. The maximum atomic E-state index is 14.1. The number of carbonyl (C=O) groups excluding carboxylic acids is 2. The van der Waals surface area contributed by atoms with Crippen LogP contribution in [0.3, 0.4) is 0 Å². The second-order valence-corrected chi connectivity index (χ2v) is 5.79. The summed E-state index contributed by atoms with van der Waals surface area (Å²) in [6.45, 7) is -0.227. The van der Waals surface area contributed by atoms with Gasteiger partial charge in [-0.2, -0.15) is 5.10 Å². The van der Waals surface area contributed by atoms with Crippen molar-refractivity contribution in [1.29, 1.82) is 0 Å². The van der Waals surface area contributed by atoms with E-state index in [1.54, 1.807) is 25.1 Å². The molecule has 0 saturated carbocycles. The van der Waals surface area contributed by atoms with E-state index in [1.807, 2.05) is 0 Å². The molecule has 0 aliphatic heterocycles. The zero-order valence-corrected chi connectivity index (χ0v) is 15.1. The standard InChI is InChI=1S/C19H19F2N3O3/c1-23(2)15-7-8-16(17(21)12-15)18(25)24(3)22-9-10-27-19(26)13-5-4-6-14(20)11-13/h4-9,11-12H,10H2,1-3H3. The number of hydrogen-bond donors (Lipinski definition) is 0. The lowest BCUT2D eigenvalue weighted by molar-refractivity contribution is 0.0565. The number of hydrogen-bond acceptors (Lipinski definition) is 5. The summed E-state index contributed by atoms with van der Waals surface area (Å²) >= 11 is 0. The SMILES string of the molecule is CN(N=CCOC(=O)c1cccc(F)c1)C(=O)c1ccc(N(C)C)cc1F. The minimum atomic E-state index is -0.722. The second kappa shape index (κ2) is 8.88. The molecule has 0 spiro atoms. The van der Waals surface area contributed by atoms with Gasteiger partial charge in [0, 0.05) is 26.8 Å². The molecule has 2 aromatic carbocycles. The van der Waals surface area contributed by atoms with Gasteiger partial charge in [-0.1, -0.05) is 6.07 Å². The number of esters is 1. The number of hydrazone groups is 1. The fraction of sp³-hybridized carbons (Fsp3) is 0.211. The Balaban J connectivity index is 1.93. The van der Waals surface area contributed by atoms with E-state index in [2.05, 4.69) is 5.10 Å². The first-order chi connectivity index (χ1) is 12.8. The Bertz CT molecular complexity index is 869. The molecule has 0 aromatic heterocycles. The molecule has 0 saturated heterocycles. The van der Waals surface area contributed by atoms with Gasteiger partial charge in [0.1, 0.15) is 18.2 Å². The Morgan fingerprint density at radius 3 is 2.48 bits per heavy atom. The minimum absolute atomic E-state index is 0.0656. The van der Waals surface area contributed by atoms with Gasteiger partial charge in [0.05, 0.1) is 17.3 Å². The Morgan fingerprint density at radius 1 is 1.11 bits per heavy atom. The van der Waals surface area contributed by atoms with E-state index >= 15 is 0 Å². The molecule has 6 nitrogen and oxygen atoms in total. The third-order valence-electron chi connectivity index (χ3n) is 3.60. The lowest BCUT2D eigenvalue weighted by Gasteiger charge is -2.15. The van der Waals surface area contributed by atoms with E-state index in [4.69, 9.17) is 4.74 Å². The molecule has 27 heavy (non-hydrogen) atoms. The van der Waals surface area contributed by atoms with Gasteiger partial charge in [0.25, 0.3) is 5.91 Å². The van der Waals surface area contributed by atoms with Gasteiger partial charge in [-0.05, 0) is 36.4 Å². The first-order valence-electron chi connectivity index (χ1n) is 7.99. The van der Waals surface area contributed by atoms with Gasteiger partial charge < -0.3 is 9.64 Å². The molecule has 0 heterocycles. The maximum Gasteiger partial charge on any atom is 0.338 e. The van der Waals surface area contributed by atoms with Gasteiger partial charge in [-0.15, -0.1) is 0 Å². The molecule has 0 radical (unpaired) electrons. The van der Waals surface area contributed by atoms with Gasteiger partial charge >= 0.3 is 5.97 Å². The van der Waals surface area contributed by atoms with Crippen LogP contribution in [0.2, 0.25) is 0 Å². The average molecular weight is 375 g/mol. The molecule has 2 rings (SSSR count). The molecule has 1 amide bonds. The molecule has 0 N–H and O–H groups in total. The zero-order chi connectivity index (χ0) is 20.0. The highest BCUT2D eigenvalue weighted by Gasteiger charge is 2.16. The van der Waals surface area contributed by atoms with E-state index in [9.17, 15) is 18.4 Å². The molecule has 0 unspecified atom stereocenters. The van der Waals surface area contributed by atoms with Gasteiger partial charge in [-0.3, -0.25) is 4.79 Å². The molecule has 2 aromatic rings. The van der Waals surface area contributed by atoms with Crippen molar-refractivity contribution in [2.24, 2.45) is 5.10 Å². The van der Waals surface area contributed by atoms with Crippen molar-refractivity contribution in [2.45, 2.75) is 0 Å². The first kappa shape index (κ1) is 20.0. The van der Waals surface area contributed by atoms with Crippen LogP contribution in [0.25, 0.3) is 0 Å². The monoisotopic (exact) mass is 375 g/mol. The molecule has 8 heteroatoms. The summed E-state index contributed by atoms with van der Waals surface area (Å²) in [5, 5.41) is 4.75. The van der Waals surface area contributed by atoms with Crippen LogP contribution >= 0.6 is 0 Å².